The molecule has 2 aromatic rings. The number of nitrogens with zero attached hydrogens (tertiary/aromatic N) is 1. The first-order valence-corrected chi connectivity index (χ1v) is 6.71. The minimum absolute atomic E-state index is 0.180. The average molecular weight is 256 g/mol. The van der Waals surface area contributed by atoms with Gasteiger partial charge in [-0.15, -0.1) is 6.42 Å². The monoisotopic (exact) mass is 256 g/mol. The minimum Gasteiger partial charge on any atom is -0.361 e. The predicted molar refractivity (Wildman–Crippen MR) is 75.4 cm³/mol. The number of hydrogen-bond donors (Lipinski definition) is 1. The number of fused-ring (bicyclic) bond motifs is 1. The second-order valence-corrected chi connectivity index (χ2v) is 5.18. The van der Waals surface area contributed by atoms with Gasteiger partial charge in [-0.3, -0.25) is 4.90 Å². The summed E-state index contributed by atoms with van der Waals surface area (Å²) in [5.74, 6) is 2.54. The van der Waals surface area contributed by atoms with Gasteiger partial charge in [0.05, 0.1) is 6.54 Å². The maximum atomic E-state index is 13.4. The highest BCUT2D eigenvalue weighted by molar-refractivity contribution is 5.83. The Hall–Kier alpha value is -1.79. The normalized spacial score (nSPS) is 19.9. The van der Waals surface area contributed by atoms with Crippen LogP contribution in [0.3, 0.4) is 0 Å². The van der Waals surface area contributed by atoms with Crippen molar-refractivity contribution in [1.82, 2.24) is 9.88 Å². The molecule has 1 saturated heterocycles. The summed E-state index contributed by atoms with van der Waals surface area (Å²) in [6, 6.07) is 5.38. The zero-order valence-corrected chi connectivity index (χ0v) is 10.8. The van der Waals surface area contributed by atoms with Crippen LogP contribution in [0.1, 0.15) is 18.4 Å². The maximum absolute atomic E-state index is 13.4. The fourth-order valence-electron chi connectivity index (χ4n) is 3.03. The molecule has 1 N–H and O–H groups in total. The topological polar surface area (TPSA) is 19.0 Å². The fourth-order valence-corrected chi connectivity index (χ4v) is 3.03. The lowest BCUT2D eigenvalue weighted by Gasteiger charge is -2.21. The highest BCUT2D eigenvalue weighted by Crippen LogP contribution is 2.25. The van der Waals surface area contributed by atoms with Crippen LogP contribution in [-0.2, 0) is 6.42 Å². The maximum Gasteiger partial charge on any atom is 0.123 e. The minimum atomic E-state index is -0.180. The fraction of sp³-hybridized carbons (Fsp3) is 0.375. The Bertz CT molecular complexity index is 623. The molecular weight excluding hydrogens is 239 g/mol. The van der Waals surface area contributed by atoms with Crippen LogP contribution in [-0.4, -0.2) is 29.0 Å². The zero-order valence-electron chi connectivity index (χ0n) is 10.8. The van der Waals surface area contributed by atoms with E-state index in [2.05, 4.69) is 15.8 Å². The molecule has 0 bridgehead atoms. The molecule has 3 rings (SSSR count). The highest BCUT2D eigenvalue weighted by atomic mass is 19.1. The van der Waals surface area contributed by atoms with Gasteiger partial charge in [-0.2, -0.15) is 0 Å². The molecule has 0 spiro atoms. The van der Waals surface area contributed by atoms with Crippen LogP contribution in [0.5, 0.6) is 0 Å². The molecule has 98 valence electrons. The summed E-state index contributed by atoms with van der Waals surface area (Å²) in [5.41, 5.74) is 2.18. The van der Waals surface area contributed by atoms with Crippen molar-refractivity contribution >= 4 is 10.9 Å². The Kier molecular flexibility index (Phi) is 3.27. The number of likely N-dealkylation sites (tertiary alicyclic amines) is 1. The second kappa shape index (κ2) is 5.07. The van der Waals surface area contributed by atoms with Crippen molar-refractivity contribution in [3.8, 4) is 12.3 Å². The van der Waals surface area contributed by atoms with E-state index in [0.29, 0.717) is 12.6 Å². The van der Waals surface area contributed by atoms with E-state index < -0.39 is 0 Å². The molecule has 2 nitrogen and oxygen atoms in total. The lowest BCUT2D eigenvalue weighted by molar-refractivity contribution is 0.284. The molecule has 0 aliphatic carbocycles. The van der Waals surface area contributed by atoms with Crippen molar-refractivity contribution in [2.75, 3.05) is 13.1 Å². The van der Waals surface area contributed by atoms with Gasteiger partial charge in [-0.05, 0) is 49.6 Å². The Morgan fingerprint density at radius 3 is 3.21 bits per heavy atom. The number of H-pyrrole nitrogens is 1. The molecule has 19 heavy (non-hydrogen) atoms. The van der Waals surface area contributed by atoms with Crippen LogP contribution < -0.4 is 0 Å². The average Bonchev–Trinajstić information content (AvgIpc) is 2.99. The van der Waals surface area contributed by atoms with Gasteiger partial charge in [0.1, 0.15) is 5.82 Å². The van der Waals surface area contributed by atoms with Gasteiger partial charge < -0.3 is 4.98 Å². The Morgan fingerprint density at radius 1 is 1.47 bits per heavy atom. The number of benzene rings is 1. The molecule has 0 unspecified atom stereocenters. The van der Waals surface area contributed by atoms with Crippen molar-refractivity contribution in [1.29, 1.82) is 0 Å². The van der Waals surface area contributed by atoms with E-state index in [0.717, 1.165) is 23.9 Å². The third-order valence-electron chi connectivity index (χ3n) is 3.98. The zero-order chi connectivity index (χ0) is 13.2. The number of nitrogens with one attached hydrogen (secondary N) is 1. The van der Waals surface area contributed by atoms with E-state index in [9.17, 15) is 4.39 Å². The molecule has 1 aromatic carbocycles. The summed E-state index contributed by atoms with van der Waals surface area (Å²) >= 11 is 0. The van der Waals surface area contributed by atoms with Gasteiger partial charge in [0.15, 0.2) is 0 Å². The first-order valence-electron chi connectivity index (χ1n) is 6.71. The van der Waals surface area contributed by atoms with Crippen LogP contribution in [0, 0.1) is 18.2 Å². The van der Waals surface area contributed by atoms with Crippen LogP contribution in [0.15, 0.2) is 24.4 Å². The summed E-state index contributed by atoms with van der Waals surface area (Å²) < 4.78 is 13.4. The first kappa shape index (κ1) is 12.3. The van der Waals surface area contributed by atoms with E-state index in [1.54, 1.807) is 12.1 Å². The van der Waals surface area contributed by atoms with Crippen LogP contribution in [0.2, 0.25) is 0 Å². The molecule has 1 aromatic heterocycles. The molecular formula is C16H17FN2. The molecule has 0 saturated carbocycles. The van der Waals surface area contributed by atoms with Crippen LogP contribution >= 0.6 is 0 Å². The van der Waals surface area contributed by atoms with Gasteiger partial charge in [-0.25, -0.2) is 4.39 Å². The van der Waals surface area contributed by atoms with Crippen molar-refractivity contribution in [3.63, 3.8) is 0 Å². The Balaban J connectivity index is 1.85. The van der Waals surface area contributed by atoms with Gasteiger partial charge in [0, 0.05) is 23.1 Å². The number of aromatic nitrogens is 1. The number of halogens is 1. The summed E-state index contributed by atoms with van der Waals surface area (Å²) in [5, 5.41) is 0.993. The van der Waals surface area contributed by atoms with E-state index in [4.69, 9.17) is 6.42 Å². The van der Waals surface area contributed by atoms with E-state index in [-0.39, 0.29) is 5.82 Å². The second-order valence-electron chi connectivity index (χ2n) is 5.18. The molecule has 1 aliphatic heterocycles. The van der Waals surface area contributed by atoms with Crippen molar-refractivity contribution in [3.05, 3.63) is 35.8 Å². The van der Waals surface area contributed by atoms with Gasteiger partial charge >= 0.3 is 0 Å². The molecule has 1 atom stereocenters. The van der Waals surface area contributed by atoms with E-state index in [1.807, 2.05) is 6.20 Å². The van der Waals surface area contributed by atoms with Crippen molar-refractivity contribution < 1.29 is 4.39 Å². The van der Waals surface area contributed by atoms with Crippen molar-refractivity contribution in [2.45, 2.75) is 25.3 Å². The van der Waals surface area contributed by atoms with Gasteiger partial charge in [-0.1, -0.05) is 5.92 Å². The SMILES string of the molecule is C#CCN1CCC[C@@H]1Cc1c[nH]c2ccc(F)cc12. The standard InChI is InChI=1S/C16H17FN2/c1-2-7-19-8-3-4-14(19)9-12-11-18-16-6-5-13(17)10-15(12)16/h1,5-6,10-11,14,18H,3-4,7-9H2/t14-/m1/s1. The smallest absolute Gasteiger partial charge is 0.123 e. The molecule has 0 radical (unpaired) electrons. The van der Waals surface area contributed by atoms with E-state index >= 15 is 0 Å². The Morgan fingerprint density at radius 2 is 2.37 bits per heavy atom. The van der Waals surface area contributed by atoms with Gasteiger partial charge in [0.2, 0.25) is 0 Å². The molecule has 0 amide bonds. The molecule has 3 heteroatoms. The van der Waals surface area contributed by atoms with Crippen molar-refractivity contribution in [2.24, 2.45) is 0 Å². The lowest BCUT2D eigenvalue weighted by atomic mass is 10.0. The van der Waals surface area contributed by atoms with Gasteiger partial charge in [0.25, 0.3) is 0 Å². The third kappa shape index (κ3) is 2.36. The third-order valence-corrected chi connectivity index (χ3v) is 3.98. The van der Waals surface area contributed by atoms with Crippen LogP contribution in [0.4, 0.5) is 4.39 Å². The van der Waals surface area contributed by atoms with E-state index in [1.165, 1.54) is 24.5 Å². The number of hydrogen-bond acceptors (Lipinski definition) is 1. The molecule has 1 fully saturated rings. The lowest BCUT2D eigenvalue weighted by Crippen LogP contribution is -2.31. The Labute approximate surface area is 112 Å². The first-order chi connectivity index (χ1) is 9.28. The molecule has 1 aliphatic rings. The molecule has 2 heterocycles. The summed E-state index contributed by atoms with van der Waals surface area (Å²) in [4.78, 5) is 5.56. The largest absolute Gasteiger partial charge is 0.361 e. The number of rotatable bonds is 3. The predicted octanol–water partition coefficient (Wildman–Crippen LogP) is 2.95. The number of terminal acetylenes is 1. The quantitative estimate of drug-likeness (QED) is 0.837. The summed E-state index contributed by atoms with van der Waals surface area (Å²) in [6.07, 6.45) is 10.7. The van der Waals surface area contributed by atoms with Crippen LogP contribution in [0.25, 0.3) is 10.9 Å². The summed E-state index contributed by atoms with van der Waals surface area (Å²) in [7, 11) is 0. The highest BCUT2D eigenvalue weighted by Gasteiger charge is 2.24. The number of aromatic amines is 1. The summed E-state index contributed by atoms with van der Waals surface area (Å²) in [6.45, 7) is 1.78.